The molecule has 6 heterocycles. The van der Waals surface area contributed by atoms with E-state index in [9.17, 15) is 0 Å². The number of rotatable bonds is 6. The molecule has 0 bridgehead atoms. The Morgan fingerprint density at radius 2 is 0.680 bits per heavy atom. The summed E-state index contributed by atoms with van der Waals surface area (Å²) in [6.45, 7) is 0. The molecule has 0 spiro atoms. The fourth-order valence-corrected chi connectivity index (χ4v) is 5.50. The first kappa shape index (κ1) is 30.1. The average molecular weight is 643 g/mol. The summed E-state index contributed by atoms with van der Waals surface area (Å²) < 4.78 is 0. The molecule has 2 aromatic carbocycles. The second kappa shape index (κ2) is 13.9. The Bertz CT molecular complexity index is 2270. The van der Waals surface area contributed by atoms with E-state index in [1.165, 1.54) is 0 Å². The van der Waals surface area contributed by atoms with Crippen molar-refractivity contribution in [3.05, 3.63) is 169 Å². The van der Waals surface area contributed by atoms with Gasteiger partial charge in [-0.3, -0.25) is 19.9 Å². The Kier molecular flexibility index (Phi) is 8.35. The Hall–Kier alpha value is -7.24. The van der Waals surface area contributed by atoms with Crippen LogP contribution < -0.4 is 0 Å². The number of hydrogen-bond acceptors (Lipinski definition) is 8. The van der Waals surface area contributed by atoms with E-state index in [0.717, 1.165) is 56.2 Å². The molecule has 0 saturated heterocycles. The third kappa shape index (κ3) is 6.47. The van der Waals surface area contributed by atoms with Crippen LogP contribution in [0.15, 0.2) is 158 Å². The minimum atomic E-state index is 0.690. The van der Waals surface area contributed by atoms with Crippen LogP contribution in [-0.4, -0.2) is 40.3 Å². The predicted molar refractivity (Wildman–Crippen MR) is 194 cm³/mol. The van der Waals surface area contributed by atoms with E-state index in [4.69, 9.17) is 0 Å². The third-order valence-corrected chi connectivity index (χ3v) is 8.00. The standard InChI is InChI=1S/C42H26N8/c1-5-23-43-35(9-1)39-27-33(41(49-47-39)37-11-3-7-25-45-37)31-19-15-29(16-20-31)13-14-30-17-21-32(22-18-30)34-28-40(36-10-2-6-24-44-36)48-50-42(34)38-12-4-8-26-46-38/h1-12,15-28H. The fraction of sp³-hybridized carbons (Fsp3) is 0. The van der Waals surface area contributed by atoms with Gasteiger partial charge in [0.15, 0.2) is 0 Å². The number of hydrogen-bond donors (Lipinski definition) is 0. The van der Waals surface area contributed by atoms with Crippen LogP contribution in [0, 0.1) is 11.8 Å². The lowest BCUT2D eigenvalue weighted by Crippen LogP contribution is -1.98. The molecule has 0 unspecified atom stereocenters. The van der Waals surface area contributed by atoms with Crippen LogP contribution in [0.5, 0.6) is 0 Å². The van der Waals surface area contributed by atoms with Gasteiger partial charge in [-0.1, -0.05) is 60.4 Å². The normalized spacial score (nSPS) is 10.6. The number of aromatic nitrogens is 8. The summed E-state index contributed by atoms with van der Waals surface area (Å²) in [7, 11) is 0. The highest BCUT2D eigenvalue weighted by atomic mass is 15.1. The molecule has 8 heteroatoms. The molecule has 6 aromatic heterocycles. The van der Waals surface area contributed by atoms with Crippen LogP contribution in [0.4, 0.5) is 0 Å². The van der Waals surface area contributed by atoms with E-state index in [0.29, 0.717) is 22.8 Å². The van der Waals surface area contributed by atoms with Gasteiger partial charge < -0.3 is 0 Å². The molecule has 50 heavy (non-hydrogen) atoms. The van der Waals surface area contributed by atoms with Gasteiger partial charge in [-0.05, 0) is 96.1 Å². The number of pyridine rings is 4. The first-order valence-corrected chi connectivity index (χ1v) is 15.9. The van der Waals surface area contributed by atoms with Crippen molar-refractivity contribution in [3.8, 4) is 79.6 Å². The third-order valence-electron chi connectivity index (χ3n) is 8.00. The molecule has 8 aromatic rings. The summed E-state index contributed by atoms with van der Waals surface area (Å²) in [5.74, 6) is 6.62. The molecule has 0 fully saturated rings. The highest BCUT2D eigenvalue weighted by molar-refractivity contribution is 5.83. The average Bonchev–Trinajstić information content (AvgIpc) is 3.21. The topological polar surface area (TPSA) is 103 Å². The molecule has 0 N–H and O–H groups in total. The van der Waals surface area contributed by atoms with E-state index < -0.39 is 0 Å². The zero-order chi connectivity index (χ0) is 33.5. The van der Waals surface area contributed by atoms with Crippen LogP contribution in [0.25, 0.3) is 67.8 Å². The SMILES string of the molecule is C(#Cc1ccc(-c2cc(-c3ccccn3)nnc2-c2ccccn2)cc1)c1ccc(-c2cc(-c3ccccn3)nnc2-c2ccccn2)cc1. The summed E-state index contributed by atoms with van der Waals surface area (Å²) in [5.41, 5.74) is 11.3. The maximum absolute atomic E-state index is 4.58. The van der Waals surface area contributed by atoms with Crippen molar-refractivity contribution >= 4 is 0 Å². The molecule has 0 aliphatic carbocycles. The maximum Gasteiger partial charge on any atom is 0.119 e. The van der Waals surface area contributed by atoms with Gasteiger partial charge >= 0.3 is 0 Å². The molecule has 8 nitrogen and oxygen atoms in total. The van der Waals surface area contributed by atoms with Gasteiger partial charge in [0.05, 0.1) is 22.8 Å². The van der Waals surface area contributed by atoms with E-state index in [1.807, 2.05) is 133 Å². The van der Waals surface area contributed by atoms with Crippen LogP contribution in [0.2, 0.25) is 0 Å². The van der Waals surface area contributed by atoms with Crippen LogP contribution in [0.1, 0.15) is 11.1 Å². The minimum absolute atomic E-state index is 0.690. The van der Waals surface area contributed by atoms with Gasteiger partial charge in [0.1, 0.15) is 22.8 Å². The zero-order valence-corrected chi connectivity index (χ0v) is 26.6. The van der Waals surface area contributed by atoms with Crippen LogP contribution in [-0.2, 0) is 0 Å². The second-order valence-corrected chi connectivity index (χ2v) is 11.2. The molecule has 0 saturated carbocycles. The molecule has 8 rings (SSSR count). The van der Waals surface area contributed by atoms with Crippen molar-refractivity contribution in [2.75, 3.05) is 0 Å². The molecule has 0 atom stereocenters. The lowest BCUT2D eigenvalue weighted by atomic mass is 9.99. The van der Waals surface area contributed by atoms with Crippen molar-refractivity contribution in [2.45, 2.75) is 0 Å². The molecule has 0 aliphatic rings. The second-order valence-electron chi connectivity index (χ2n) is 11.2. The van der Waals surface area contributed by atoms with E-state index in [1.54, 1.807) is 24.8 Å². The molecule has 0 aliphatic heterocycles. The van der Waals surface area contributed by atoms with Crippen LogP contribution >= 0.6 is 0 Å². The Balaban J connectivity index is 1.08. The highest BCUT2D eigenvalue weighted by Gasteiger charge is 2.16. The summed E-state index contributed by atoms with van der Waals surface area (Å²) in [6.07, 6.45) is 7.01. The summed E-state index contributed by atoms with van der Waals surface area (Å²) in [6, 6.07) is 43.3. The Labute approximate surface area is 288 Å². The lowest BCUT2D eigenvalue weighted by Gasteiger charge is -2.10. The number of benzene rings is 2. The number of nitrogens with zero attached hydrogens (tertiary/aromatic N) is 8. The molecular formula is C42H26N8. The van der Waals surface area contributed by atoms with E-state index in [2.05, 4.69) is 52.2 Å². The van der Waals surface area contributed by atoms with Gasteiger partial charge in [-0.15, -0.1) is 20.4 Å². The smallest absolute Gasteiger partial charge is 0.119 e. The highest BCUT2D eigenvalue weighted by Crippen LogP contribution is 2.33. The summed E-state index contributed by atoms with van der Waals surface area (Å²) in [5, 5.41) is 18.1. The van der Waals surface area contributed by atoms with Crippen molar-refractivity contribution in [2.24, 2.45) is 0 Å². The van der Waals surface area contributed by atoms with E-state index >= 15 is 0 Å². The minimum Gasteiger partial charge on any atom is -0.255 e. The molecule has 234 valence electrons. The molecule has 0 amide bonds. The summed E-state index contributed by atoms with van der Waals surface area (Å²) >= 11 is 0. The maximum atomic E-state index is 4.58. The zero-order valence-electron chi connectivity index (χ0n) is 26.6. The van der Waals surface area contributed by atoms with Crippen LogP contribution in [0.3, 0.4) is 0 Å². The molecular weight excluding hydrogens is 617 g/mol. The predicted octanol–water partition coefficient (Wildman–Crippen LogP) is 8.25. The van der Waals surface area contributed by atoms with E-state index in [-0.39, 0.29) is 0 Å². The van der Waals surface area contributed by atoms with Crippen molar-refractivity contribution in [1.29, 1.82) is 0 Å². The fourth-order valence-electron chi connectivity index (χ4n) is 5.50. The van der Waals surface area contributed by atoms with Gasteiger partial charge in [0.2, 0.25) is 0 Å². The van der Waals surface area contributed by atoms with Gasteiger partial charge in [-0.2, -0.15) is 0 Å². The Morgan fingerprint density at radius 3 is 1.02 bits per heavy atom. The first-order chi connectivity index (χ1) is 24.8. The van der Waals surface area contributed by atoms with Gasteiger partial charge in [0.25, 0.3) is 0 Å². The Morgan fingerprint density at radius 1 is 0.320 bits per heavy atom. The lowest BCUT2D eigenvalue weighted by molar-refractivity contribution is 1.03. The quantitative estimate of drug-likeness (QED) is 0.167. The van der Waals surface area contributed by atoms with Crippen molar-refractivity contribution in [1.82, 2.24) is 40.3 Å². The van der Waals surface area contributed by atoms with Gasteiger partial charge in [-0.25, -0.2) is 0 Å². The monoisotopic (exact) mass is 642 g/mol. The largest absolute Gasteiger partial charge is 0.255 e. The van der Waals surface area contributed by atoms with Crippen molar-refractivity contribution in [3.63, 3.8) is 0 Å². The van der Waals surface area contributed by atoms with Crippen molar-refractivity contribution < 1.29 is 0 Å². The molecule has 0 radical (unpaired) electrons. The van der Waals surface area contributed by atoms with Gasteiger partial charge in [0, 0.05) is 47.0 Å². The first-order valence-electron chi connectivity index (χ1n) is 15.9. The summed E-state index contributed by atoms with van der Waals surface area (Å²) in [4.78, 5) is 18.0.